The molecular formula is C44H36N2. The molecule has 0 atom stereocenters. The predicted octanol–water partition coefficient (Wildman–Crippen LogP) is 12.2. The van der Waals surface area contributed by atoms with Crippen molar-refractivity contribution in [2.75, 3.05) is 9.80 Å². The molecule has 0 saturated carbocycles. The van der Waals surface area contributed by atoms with Gasteiger partial charge in [-0.05, 0) is 92.3 Å². The van der Waals surface area contributed by atoms with Crippen molar-refractivity contribution in [2.45, 2.75) is 38.5 Å². The van der Waals surface area contributed by atoms with Crippen LogP contribution in [0.2, 0.25) is 0 Å². The molecule has 0 aromatic heterocycles. The molecule has 9 rings (SSSR count). The molecule has 0 fully saturated rings. The minimum absolute atomic E-state index is 0.0856. The van der Waals surface area contributed by atoms with Crippen molar-refractivity contribution in [1.82, 2.24) is 0 Å². The first kappa shape index (κ1) is 27.0. The Morgan fingerprint density at radius 3 is 0.957 bits per heavy atom. The molecule has 0 amide bonds. The van der Waals surface area contributed by atoms with Crippen LogP contribution in [0.4, 0.5) is 34.1 Å². The van der Waals surface area contributed by atoms with Gasteiger partial charge in [0.25, 0.3) is 0 Å². The van der Waals surface area contributed by atoms with E-state index in [0.717, 1.165) is 0 Å². The highest BCUT2D eigenvalue weighted by Gasteiger charge is 2.38. The molecule has 2 heteroatoms. The van der Waals surface area contributed by atoms with E-state index in [1.54, 1.807) is 0 Å². The minimum atomic E-state index is -0.0856. The number of nitrogens with zero attached hydrogens (tertiary/aromatic N) is 2. The van der Waals surface area contributed by atoms with E-state index in [-0.39, 0.29) is 10.8 Å². The molecule has 2 heterocycles. The Kier molecular flexibility index (Phi) is 5.63. The van der Waals surface area contributed by atoms with Crippen LogP contribution in [0.1, 0.15) is 49.9 Å². The normalized spacial score (nSPS) is 15.7. The first-order chi connectivity index (χ1) is 22.3. The van der Waals surface area contributed by atoms with Crippen LogP contribution in [0.15, 0.2) is 146 Å². The summed E-state index contributed by atoms with van der Waals surface area (Å²) in [6.07, 6.45) is 0. The number of fused-ring (bicyclic) bond motifs is 7. The van der Waals surface area contributed by atoms with Crippen LogP contribution in [0.3, 0.4) is 0 Å². The largest absolute Gasteiger partial charge is 0.310 e. The summed E-state index contributed by atoms with van der Waals surface area (Å²) in [6.45, 7) is 9.37. The molecule has 0 aliphatic carbocycles. The van der Waals surface area contributed by atoms with Gasteiger partial charge in [-0.15, -0.1) is 0 Å². The highest BCUT2D eigenvalue weighted by Crippen LogP contribution is 2.54. The van der Waals surface area contributed by atoms with Gasteiger partial charge in [-0.2, -0.15) is 0 Å². The maximum absolute atomic E-state index is 2.46. The van der Waals surface area contributed by atoms with Gasteiger partial charge in [-0.1, -0.05) is 125 Å². The van der Waals surface area contributed by atoms with Crippen molar-refractivity contribution in [3.05, 3.63) is 168 Å². The standard InChI is InChI=1S/C44H36N2/c1-43(2)35-13-5-9-17-39(35)45(40-18-10-6-14-36(40)43)31-25-23-29-21-22-30-24-26-32(28-34(30)33(29)27-31)46-41-19-11-7-15-37(41)44(3,4)38-16-8-12-20-42(38)46/h5-28H,1-4H3. The summed E-state index contributed by atoms with van der Waals surface area (Å²) < 4.78 is 0. The topological polar surface area (TPSA) is 6.48 Å². The van der Waals surface area contributed by atoms with E-state index < -0.39 is 0 Å². The molecular weight excluding hydrogens is 556 g/mol. The number of para-hydroxylation sites is 4. The van der Waals surface area contributed by atoms with Crippen LogP contribution in [-0.2, 0) is 10.8 Å². The van der Waals surface area contributed by atoms with Crippen molar-refractivity contribution in [1.29, 1.82) is 0 Å². The predicted molar refractivity (Wildman–Crippen MR) is 195 cm³/mol. The lowest BCUT2D eigenvalue weighted by atomic mass is 9.73. The number of anilines is 6. The average molecular weight is 593 g/mol. The van der Waals surface area contributed by atoms with Gasteiger partial charge >= 0.3 is 0 Å². The Hall–Kier alpha value is -5.34. The smallest absolute Gasteiger partial charge is 0.0502 e. The van der Waals surface area contributed by atoms with Crippen LogP contribution in [-0.4, -0.2) is 0 Å². The first-order valence-electron chi connectivity index (χ1n) is 16.3. The zero-order valence-corrected chi connectivity index (χ0v) is 26.8. The van der Waals surface area contributed by atoms with Crippen molar-refractivity contribution in [2.24, 2.45) is 0 Å². The SMILES string of the molecule is CC1(C)c2ccccc2N(c2ccc3ccc4ccc(N5c6ccccc6C(C)(C)c6ccccc65)cc4c3c2)c2ccccc21. The number of benzene rings is 7. The Morgan fingerprint density at radius 1 is 0.348 bits per heavy atom. The molecule has 0 N–H and O–H groups in total. The van der Waals surface area contributed by atoms with Gasteiger partial charge in [-0.25, -0.2) is 0 Å². The molecule has 2 nitrogen and oxygen atoms in total. The second-order valence-corrected chi connectivity index (χ2v) is 13.9. The van der Waals surface area contributed by atoms with E-state index in [9.17, 15) is 0 Å². The number of hydrogen-bond donors (Lipinski definition) is 0. The summed E-state index contributed by atoms with van der Waals surface area (Å²) in [5, 5.41) is 5.01. The molecule has 46 heavy (non-hydrogen) atoms. The van der Waals surface area contributed by atoms with Crippen LogP contribution in [0.5, 0.6) is 0 Å². The average Bonchev–Trinajstić information content (AvgIpc) is 3.09. The van der Waals surface area contributed by atoms with E-state index in [1.807, 2.05) is 0 Å². The molecule has 0 spiro atoms. The van der Waals surface area contributed by atoms with Crippen molar-refractivity contribution >= 4 is 55.7 Å². The fraction of sp³-hybridized carbons (Fsp3) is 0.136. The van der Waals surface area contributed by atoms with Crippen LogP contribution in [0.25, 0.3) is 21.5 Å². The third-order valence-electron chi connectivity index (χ3n) is 10.6. The first-order valence-corrected chi connectivity index (χ1v) is 16.3. The second kappa shape index (κ2) is 9.58. The molecule has 0 unspecified atom stereocenters. The van der Waals surface area contributed by atoms with Gasteiger partial charge in [0, 0.05) is 22.2 Å². The lowest BCUT2D eigenvalue weighted by Crippen LogP contribution is -2.30. The summed E-state index contributed by atoms with van der Waals surface area (Å²) >= 11 is 0. The van der Waals surface area contributed by atoms with Crippen LogP contribution >= 0.6 is 0 Å². The summed E-state index contributed by atoms with van der Waals surface area (Å²) in [7, 11) is 0. The van der Waals surface area contributed by atoms with Crippen molar-refractivity contribution in [3.63, 3.8) is 0 Å². The molecule has 0 radical (unpaired) electrons. The number of rotatable bonds is 2. The third kappa shape index (κ3) is 3.70. The third-order valence-corrected chi connectivity index (χ3v) is 10.6. The van der Waals surface area contributed by atoms with E-state index in [2.05, 4.69) is 183 Å². The monoisotopic (exact) mass is 592 g/mol. The van der Waals surface area contributed by atoms with E-state index in [0.29, 0.717) is 0 Å². The summed E-state index contributed by atoms with van der Waals surface area (Å²) in [5.74, 6) is 0. The fourth-order valence-electron chi connectivity index (χ4n) is 8.20. The Balaban J connectivity index is 1.27. The zero-order chi connectivity index (χ0) is 31.2. The van der Waals surface area contributed by atoms with Gasteiger partial charge in [0.1, 0.15) is 0 Å². The summed E-state index contributed by atoms with van der Waals surface area (Å²) in [5.41, 5.74) is 12.6. The van der Waals surface area contributed by atoms with Gasteiger partial charge in [-0.3, -0.25) is 0 Å². The van der Waals surface area contributed by atoms with E-state index >= 15 is 0 Å². The highest BCUT2D eigenvalue weighted by atomic mass is 15.2. The van der Waals surface area contributed by atoms with Crippen molar-refractivity contribution in [3.8, 4) is 0 Å². The molecule has 7 aromatic carbocycles. The van der Waals surface area contributed by atoms with Gasteiger partial charge < -0.3 is 9.80 Å². The quantitative estimate of drug-likeness (QED) is 0.184. The van der Waals surface area contributed by atoms with Gasteiger partial charge in [0.05, 0.1) is 22.7 Å². The zero-order valence-electron chi connectivity index (χ0n) is 26.8. The Labute approximate surface area is 271 Å². The molecule has 0 saturated heterocycles. The summed E-state index contributed by atoms with van der Waals surface area (Å²) in [4.78, 5) is 4.91. The van der Waals surface area contributed by atoms with Gasteiger partial charge in [0.2, 0.25) is 0 Å². The van der Waals surface area contributed by atoms with Gasteiger partial charge in [0.15, 0.2) is 0 Å². The Morgan fingerprint density at radius 2 is 0.630 bits per heavy atom. The van der Waals surface area contributed by atoms with Crippen molar-refractivity contribution < 1.29 is 0 Å². The molecule has 0 bridgehead atoms. The molecule has 7 aromatic rings. The minimum Gasteiger partial charge on any atom is -0.310 e. The van der Waals surface area contributed by atoms with E-state index in [1.165, 1.54) is 77.9 Å². The highest BCUT2D eigenvalue weighted by molar-refractivity contribution is 6.10. The summed E-state index contributed by atoms with van der Waals surface area (Å²) in [6, 6.07) is 54.0. The van der Waals surface area contributed by atoms with E-state index in [4.69, 9.17) is 0 Å². The lowest BCUT2D eigenvalue weighted by Gasteiger charge is -2.42. The maximum atomic E-state index is 2.46. The van der Waals surface area contributed by atoms with Crippen LogP contribution < -0.4 is 9.80 Å². The fourth-order valence-corrected chi connectivity index (χ4v) is 8.20. The lowest BCUT2D eigenvalue weighted by molar-refractivity contribution is 0.632. The molecule has 222 valence electrons. The Bertz CT molecular complexity index is 2080. The maximum Gasteiger partial charge on any atom is 0.0502 e. The number of hydrogen-bond acceptors (Lipinski definition) is 2. The molecule has 2 aliphatic heterocycles. The van der Waals surface area contributed by atoms with Crippen LogP contribution in [0, 0.1) is 0 Å². The molecule has 2 aliphatic rings. The second-order valence-electron chi connectivity index (χ2n) is 13.9.